The molecule has 0 saturated carbocycles. The van der Waals surface area contributed by atoms with Crippen molar-refractivity contribution < 1.29 is 4.84 Å². The number of hydrogen-bond acceptors (Lipinski definition) is 5. The van der Waals surface area contributed by atoms with Crippen LogP contribution in [-0.2, 0) is 11.4 Å². The first-order valence-corrected chi connectivity index (χ1v) is 6.19. The van der Waals surface area contributed by atoms with Crippen LogP contribution < -0.4 is 0 Å². The molecule has 0 bridgehead atoms. The van der Waals surface area contributed by atoms with Gasteiger partial charge in [-0.25, -0.2) is 10.2 Å². The summed E-state index contributed by atoms with van der Waals surface area (Å²) in [6.45, 7) is 6.78. The summed E-state index contributed by atoms with van der Waals surface area (Å²) in [5.74, 6) is -0.321. The second kappa shape index (κ2) is 6.29. The molecule has 0 fully saturated rings. The van der Waals surface area contributed by atoms with Gasteiger partial charge in [0.1, 0.15) is 11.1 Å². The summed E-state index contributed by atoms with van der Waals surface area (Å²) >= 11 is 1.51. The SMILES string of the molecule is [C-]#[N+]/C(C#N)=N\OCc1csc(-c2ccccc2)n1. The van der Waals surface area contributed by atoms with E-state index in [9.17, 15) is 0 Å². The number of benzene rings is 1. The van der Waals surface area contributed by atoms with Gasteiger partial charge in [0, 0.05) is 10.9 Å². The number of hydrogen-bond donors (Lipinski definition) is 0. The number of rotatable bonds is 4. The van der Waals surface area contributed by atoms with Crippen molar-refractivity contribution >= 4 is 17.2 Å². The van der Waals surface area contributed by atoms with Crippen molar-refractivity contribution in [3.8, 4) is 16.6 Å². The summed E-state index contributed by atoms with van der Waals surface area (Å²) < 4.78 is 0. The zero-order valence-electron chi connectivity index (χ0n) is 9.78. The van der Waals surface area contributed by atoms with Gasteiger partial charge in [0.2, 0.25) is 0 Å². The number of nitrogens with zero attached hydrogens (tertiary/aromatic N) is 4. The molecule has 0 amide bonds. The minimum atomic E-state index is -0.321. The Morgan fingerprint density at radius 2 is 2.26 bits per heavy atom. The molecule has 0 radical (unpaired) electrons. The second-order valence-corrected chi connectivity index (χ2v) is 4.28. The lowest BCUT2D eigenvalue weighted by molar-refractivity contribution is 0.129. The molecule has 0 aliphatic rings. The van der Waals surface area contributed by atoms with Crippen molar-refractivity contribution in [1.82, 2.24) is 4.98 Å². The number of oxime groups is 1. The predicted molar refractivity (Wildman–Crippen MR) is 72.0 cm³/mol. The quantitative estimate of drug-likeness (QED) is 0.370. The topological polar surface area (TPSA) is 62.6 Å². The Kier molecular flexibility index (Phi) is 4.22. The highest BCUT2D eigenvalue weighted by Gasteiger charge is 2.05. The molecule has 0 saturated heterocycles. The lowest BCUT2D eigenvalue weighted by Gasteiger charge is -1.93. The number of amidine groups is 1. The molecular weight excluding hydrogens is 260 g/mol. The summed E-state index contributed by atoms with van der Waals surface area (Å²) in [5.41, 5.74) is 1.76. The van der Waals surface area contributed by atoms with Gasteiger partial charge in [-0.1, -0.05) is 36.9 Å². The number of thiazole rings is 1. The van der Waals surface area contributed by atoms with E-state index in [0.717, 1.165) is 16.3 Å². The highest BCUT2D eigenvalue weighted by molar-refractivity contribution is 7.13. The summed E-state index contributed by atoms with van der Waals surface area (Å²) in [7, 11) is 0. The van der Waals surface area contributed by atoms with E-state index < -0.39 is 0 Å². The fourth-order valence-electron chi connectivity index (χ4n) is 1.31. The number of nitriles is 1. The van der Waals surface area contributed by atoms with E-state index in [4.69, 9.17) is 16.7 Å². The second-order valence-electron chi connectivity index (χ2n) is 3.42. The van der Waals surface area contributed by atoms with Crippen molar-refractivity contribution in [3.63, 3.8) is 0 Å². The Morgan fingerprint density at radius 3 is 2.95 bits per heavy atom. The molecular formula is C13H8N4OS. The van der Waals surface area contributed by atoms with Crippen LogP contribution >= 0.6 is 11.3 Å². The lowest BCUT2D eigenvalue weighted by Crippen LogP contribution is -1.91. The van der Waals surface area contributed by atoms with Gasteiger partial charge in [-0.15, -0.1) is 11.3 Å². The van der Waals surface area contributed by atoms with Crippen LogP contribution in [0, 0.1) is 17.9 Å². The van der Waals surface area contributed by atoms with E-state index in [1.54, 1.807) is 6.07 Å². The Balaban J connectivity index is 2.02. The molecule has 0 atom stereocenters. The van der Waals surface area contributed by atoms with E-state index in [0.29, 0.717) is 0 Å². The molecule has 2 aromatic rings. The Morgan fingerprint density at radius 1 is 1.47 bits per heavy atom. The third kappa shape index (κ3) is 3.38. The first-order chi connectivity index (χ1) is 9.33. The zero-order chi connectivity index (χ0) is 13.5. The molecule has 2 rings (SSSR count). The maximum atomic E-state index is 8.49. The minimum absolute atomic E-state index is 0.143. The lowest BCUT2D eigenvalue weighted by atomic mass is 10.2. The molecule has 92 valence electrons. The first kappa shape index (κ1) is 12.7. The molecule has 19 heavy (non-hydrogen) atoms. The first-order valence-electron chi connectivity index (χ1n) is 5.31. The fraction of sp³-hybridized carbons (Fsp3) is 0.0769. The summed E-state index contributed by atoms with van der Waals surface area (Å²) in [5, 5.41) is 14.7. The van der Waals surface area contributed by atoms with Gasteiger partial charge in [-0.2, -0.15) is 0 Å². The largest absolute Gasteiger partial charge is 0.392 e. The Bertz CT molecular complexity index is 648. The van der Waals surface area contributed by atoms with Crippen LogP contribution in [0.4, 0.5) is 0 Å². The molecule has 6 heteroatoms. The van der Waals surface area contributed by atoms with Crippen LogP contribution in [0.25, 0.3) is 15.4 Å². The smallest absolute Gasteiger partial charge is 0.348 e. The zero-order valence-corrected chi connectivity index (χ0v) is 10.6. The fourth-order valence-corrected chi connectivity index (χ4v) is 2.12. The molecule has 1 heterocycles. The minimum Gasteiger partial charge on any atom is -0.348 e. The molecule has 1 aromatic carbocycles. The maximum absolute atomic E-state index is 8.49. The van der Waals surface area contributed by atoms with Gasteiger partial charge in [-0.3, -0.25) is 0 Å². The summed E-state index contributed by atoms with van der Waals surface area (Å²) in [6, 6.07) is 11.4. The molecule has 0 spiro atoms. The van der Waals surface area contributed by atoms with E-state index in [1.165, 1.54) is 11.3 Å². The van der Waals surface area contributed by atoms with Gasteiger partial charge >= 0.3 is 5.84 Å². The normalized spacial score (nSPS) is 10.5. The van der Waals surface area contributed by atoms with Crippen LogP contribution in [0.3, 0.4) is 0 Å². The summed E-state index contributed by atoms with van der Waals surface area (Å²) in [4.78, 5) is 12.2. The molecule has 1 aromatic heterocycles. The molecule has 0 aliphatic carbocycles. The molecule has 0 N–H and O–H groups in total. The average Bonchev–Trinajstić information content (AvgIpc) is 2.93. The van der Waals surface area contributed by atoms with Crippen LogP contribution in [-0.4, -0.2) is 10.8 Å². The van der Waals surface area contributed by atoms with E-state index in [2.05, 4.69) is 15.0 Å². The monoisotopic (exact) mass is 268 g/mol. The van der Waals surface area contributed by atoms with Crippen molar-refractivity contribution in [2.24, 2.45) is 5.16 Å². The van der Waals surface area contributed by atoms with Crippen LogP contribution in [0.5, 0.6) is 0 Å². The highest BCUT2D eigenvalue weighted by Crippen LogP contribution is 2.23. The van der Waals surface area contributed by atoms with Crippen molar-refractivity contribution in [1.29, 1.82) is 5.26 Å². The van der Waals surface area contributed by atoms with Gasteiger partial charge < -0.3 is 9.68 Å². The molecule has 5 nitrogen and oxygen atoms in total. The molecule has 0 aliphatic heterocycles. The van der Waals surface area contributed by atoms with Crippen molar-refractivity contribution in [2.75, 3.05) is 0 Å². The van der Waals surface area contributed by atoms with Crippen molar-refractivity contribution in [2.45, 2.75) is 6.61 Å². The predicted octanol–water partition coefficient (Wildman–Crippen LogP) is 3.08. The Labute approximate surface area is 114 Å². The third-order valence-corrected chi connectivity index (χ3v) is 3.08. The highest BCUT2D eigenvalue weighted by atomic mass is 32.1. The average molecular weight is 268 g/mol. The standard InChI is InChI=1S/C13H8N4OS/c1-15-12(7-14)17-18-8-11-9-19-13(16-11)10-5-3-2-4-6-10/h2-6,9H,8H2/b17-12-. The van der Waals surface area contributed by atoms with E-state index in [1.807, 2.05) is 35.7 Å². The van der Waals surface area contributed by atoms with E-state index in [-0.39, 0.29) is 12.4 Å². The van der Waals surface area contributed by atoms with Gasteiger partial charge in [0.25, 0.3) is 0 Å². The van der Waals surface area contributed by atoms with Gasteiger partial charge in [-0.05, 0) is 0 Å². The Hall–Kier alpha value is -2.70. The summed E-state index contributed by atoms with van der Waals surface area (Å²) in [6.07, 6.45) is 0. The van der Waals surface area contributed by atoms with Crippen LogP contribution in [0.15, 0.2) is 40.9 Å². The van der Waals surface area contributed by atoms with Gasteiger partial charge in [0.15, 0.2) is 6.61 Å². The number of aromatic nitrogens is 1. The third-order valence-electron chi connectivity index (χ3n) is 2.14. The maximum Gasteiger partial charge on any atom is 0.392 e. The van der Waals surface area contributed by atoms with Crippen molar-refractivity contribution in [3.05, 3.63) is 52.8 Å². The molecule has 0 unspecified atom stereocenters. The van der Waals surface area contributed by atoms with E-state index >= 15 is 0 Å². The van der Waals surface area contributed by atoms with Crippen LogP contribution in [0.1, 0.15) is 5.69 Å². The van der Waals surface area contributed by atoms with Crippen LogP contribution in [0.2, 0.25) is 0 Å². The van der Waals surface area contributed by atoms with Gasteiger partial charge in [0.05, 0.1) is 10.8 Å².